The molecule has 1 saturated heterocycles. The van der Waals surface area contributed by atoms with Crippen LogP contribution in [0.25, 0.3) is 6.08 Å². The Kier molecular flexibility index (Phi) is 5.67. The molecule has 0 saturated carbocycles. The SMILES string of the molecule is CC1=CC=C(C(C)C)C=C2C(C=CC=Cc3ccccc3)=CC=C3COC(=O)C3=C12. The molecule has 4 rings (SSSR count). The Bertz CT molecular complexity index is 1110. The van der Waals surface area contributed by atoms with Crippen LogP contribution in [0.2, 0.25) is 0 Å². The van der Waals surface area contributed by atoms with Crippen LogP contribution in [0.3, 0.4) is 0 Å². The van der Waals surface area contributed by atoms with Crippen molar-refractivity contribution in [2.75, 3.05) is 6.61 Å². The third-order valence-corrected chi connectivity index (χ3v) is 5.55. The van der Waals surface area contributed by atoms with Crippen LogP contribution in [0.1, 0.15) is 26.3 Å². The van der Waals surface area contributed by atoms with Crippen molar-refractivity contribution in [1.29, 1.82) is 0 Å². The molecule has 1 aromatic rings. The van der Waals surface area contributed by atoms with Crippen LogP contribution in [0, 0.1) is 5.92 Å². The highest BCUT2D eigenvalue weighted by molar-refractivity contribution is 6.00. The molecule has 0 N–H and O–H groups in total. The number of allylic oxidation sites excluding steroid dienone is 13. The van der Waals surface area contributed by atoms with E-state index in [0.29, 0.717) is 18.1 Å². The summed E-state index contributed by atoms with van der Waals surface area (Å²) in [6.45, 7) is 6.79. The van der Waals surface area contributed by atoms with Gasteiger partial charge in [-0.2, -0.15) is 0 Å². The smallest absolute Gasteiger partial charge is 0.339 e. The molecular weight excluding hydrogens is 368 g/mol. The van der Waals surface area contributed by atoms with Crippen LogP contribution in [0.5, 0.6) is 0 Å². The predicted octanol–water partition coefficient (Wildman–Crippen LogP) is 6.44. The van der Waals surface area contributed by atoms with Crippen molar-refractivity contribution in [3.63, 3.8) is 0 Å². The van der Waals surface area contributed by atoms with Gasteiger partial charge in [0.2, 0.25) is 0 Å². The van der Waals surface area contributed by atoms with E-state index in [4.69, 9.17) is 4.74 Å². The molecule has 2 nitrogen and oxygen atoms in total. The fraction of sp³-hybridized carbons (Fsp3) is 0.179. The summed E-state index contributed by atoms with van der Waals surface area (Å²) in [4.78, 5) is 12.6. The average Bonchev–Trinajstić information content (AvgIpc) is 2.91. The minimum atomic E-state index is -0.231. The maximum absolute atomic E-state index is 12.6. The van der Waals surface area contributed by atoms with Crippen molar-refractivity contribution in [2.24, 2.45) is 5.92 Å². The third-order valence-electron chi connectivity index (χ3n) is 5.55. The van der Waals surface area contributed by atoms with Gasteiger partial charge in [0.1, 0.15) is 6.61 Å². The summed E-state index contributed by atoms with van der Waals surface area (Å²) in [7, 11) is 0. The Morgan fingerprint density at radius 2 is 1.70 bits per heavy atom. The first kappa shape index (κ1) is 19.9. The van der Waals surface area contributed by atoms with Gasteiger partial charge in [-0.15, -0.1) is 0 Å². The Morgan fingerprint density at radius 3 is 2.47 bits per heavy atom. The molecule has 1 aromatic carbocycles. The van der Waals surface area contributed by atoms with Crippen molar-refractivity contribution in [3.8, 4) is 0 Å². The van der Waals surface area contributed by atoms with E-state index in [0.717, 1.165) is 33.4 Å². The zero-order valence-electron chi connectivity index (χ0n) is 17.7. The molecule has 0 radical (unpaired) electrons. The highest BCUT2D eigenvalue weighted by Crippen LogP contribution is 2.40. The standard InChI is InChI=1S/C28H26O2/c1-19(2)23-14-13-20(3)26-25(17-23)22(15-16-24-18-30-28(29)27(24)26)12-8-7-11-21-9-5-4-6-10-21/h4-17,19H,18H2,1-3H3. The summed E-state index contributed by atoms with van der Waals surface area (Å²) in [5.41, 5.74) is 8.29. The number of esters is 1. The van der Waals surface area contributed by atoms with Gasteiger partial charge in [-0.05, 0) is 40.7 Å². The summed E-state index contributed by atoms with van der Waals surface area (Å²) in [6.07, 6.45) is 18.9. The van der Waals surface area contributed by atoms with Crippen LogP contribution in [0.15, 0.2) is 118 Å². The summed E-state index contributed by atoms with van der Waals surface area (Å²) in [5, 5.41) is 0. The minimum absolute atomic E-state index is 0.231. The van der Waals surface area contributed by atoms with Crippen molar-refractivity contribution in [2.45, 2.75) is 20.8 Å². The molecule has 0 amide bonds. The number of benzene rings is 1. The Labute approximate surface area is 178 Å². The van der Waals surface area contributed by atoms with Gasteiger partial charge >= 0.3 is 5.97 Å². The predicted molar refractivity (Wildman–Crippen MR) is 124 cm³/mol. The van der Waals surface area contributed by atoms with Gasteiger partial charge in [0, 0.05) is 11.1 Å². The molecular formula is C28H26O2. The quantitative estimate of drug-likeness (QED) is 0.434. The van der Waals surface area contributed by atoms with E-state index >= 15 is 0 Å². The van der Waals surface area contributed by atoms with E-state index in [1.54, 1.807) is 0 Å². The Hall–Kier alpha value is -3.39. The first-order valence-corrected chi connectivity index (χ1v) is 10.4. The monoisotopic (exact) mass is 394 g/mol. The summed E-state index contributed by atoms with van der Waals surface area (Å²) in [5.74, 6) is 0.158. The van der Waals surface area contributed by atoms with E-state index in [1.165, 1.54) is 5.57 Å². The topological polar surface area (TPSA) is 26.3 Å². The maximum atomic E-state index is 12.6. The van der Waals surface area contributed by atoms with Gasteiger partial charge in [0.15, 0.2) is 0 Å². The molecule has 30 heavy (non-hydrogen) atoms. The molecule has 0 aromatic heterocycles. The van der Waals surface area contributed by atoms with E-state index in [2.05, 4.69) is 81.5 Å². The van der Waals surface area contributed by atoms with Crippen LogP contribution >= 0.6 is 0 Å². The number of cyclic esters (lactones) is 1. The lowest BCUT2D eigenvalue weighted by molar-refractivity contribution is -0.135. The molecule has 150 valence electrons. The molecule has 3 aliphatic rings. The molecule has 1 aliphatic heterocycles. The van der Waals surface area contributed by atoms with Gasteiger partial charge in [-0.1, -0.05) is 98.9 Å². The summed E-state index contributed by atoms with van der Waals surface area (Å²) in [6, 6.07) is 10.2. The van der Waals surface area contributed by atoms with Crippen molar-refractivity contribution >= 4 is 12.0 Å². The number of carbonyl (C=O) groups excluding carboxylic acids is 1. The lowest BCUT2D eigenvalue weighted by Crippen LogP contribution is -2.04. The Balaban J connectivity index is 1.78. The van der Waals surface area contributed by atoms with Gasteiger partial charge in [0.25, 0.3) is 0 Å². The fourth-order valence-electron chi connectivity index (χ4n) is 3.85. The number of rotatable bonds is 4. The van der Waals surface area contributed by atoms with Crippen LogP contribution in [-0.4, -0.2) is 12.6 Å². The molecule has 2 aliphatic carbocycles. The number of hydrogen-bond donors (Lipinski definition) is 0. The van der Waals surface area contributed by atoms with Crippen molar-refractivity contribution in [3.05, 3.63) is 124 Å². The lowest BCUT2D eigenvalue weighted by atomic mass is 9.87. The molecule has 0 unspecified atom stereocenters. The van der Waals surface area contributed by atoms with Gasteiger partial charge < -0.3 is 4.74 Å². The number of hydrogen-bond acceptors (Lipinski definition) is 2. The van der Waals surface area contributed by atoms with E-state index in [-0.39, 0.29) is 5.97 Å². The fourth-order valence-corrected chi connectivity index (χ4v) is 3.85. The highest BCUT2D eigenvalue weighted by atomic mass is 16.5. The first-order valence-electron chi connectivity index (χ1n) is 10.4. The van der Waals surface area contributed by atoms with E-state index in [1.807, 2.05) is 24.3 Å². The van der Waals surface area contributed by atoms with Crippen LogP contribution < -0.4 is 0 Å². The second-order valence-corrected chi connectivity index (χ2v) is 8.00. The first-order chi connectivity index (χ1) is 14.5. The molecule has 1 heterocycles. The van der Waals surface area contributed by atoms with Gasteiger partial charge in [-0.3, -0.25) is 0 Å². The zero-order chi connectivity index (χ0) is 21.1. The number of ether oxygens (including phenoxy) is 1. The lowest BCUT2D eigenvalue weighted by Gasteiger charge is -2.15. The normalized spacial score (nSPS) is 18.9. The summed E-state index contributed by atoms with van der Waals surface area (Å²) >= 11 is 0. The number of fused-ring (bicyclic) bond motifs is 2. The highest BCUT2D eigenvalue weighted by Gasteiger charge is 2.32. The second kappa shape index (κ2) is 8.54. The molecule has 2 heteroatoms. The number of carbonyl (C=O) groups is 1. The molecule has 0 atom stereocenters. The molecule has 0 spiro atoms. The van der Waals surface area contributed by atoms with Crippen molar-refractivity contribution in [1.82, 2.24) is 0 Å². The zero-order valence-corrected chi connectivity index (χ0v) is 17.7. The van der Waals surface area contributed by atoms with Crippen LogP contribution in [-0.2, 0) is 9.53 Å². The largest absolute Gasteiger partial charge is 0.457 e. The summed E-state index contributed by atoms with van der Waals surface area (Å²) < 4.78 is 5.36. The molecule has 1 fully saturated rings. The Morgan fingerprint density at radius 1 is 0.933 bits per heavy atom. The average molecular weight is 395 g/mol. The van der Waals surface area contributed by atoms with Crippen molar-refractivity contribution < 1.29 is 9.53 Å². The van der Waals surface area contributed by atoms with E-state index < -0.39 is 0 Å². The third kappa shape index (κ3) is 3.99. The van der Waals surface area contributed by atoms with Gasteiger partial charge in [-0.25, -0.2) is 4.79 Å². The van der Waals surface area contributed by atoms with E-state index in [9.17, 15) is 4.79 Å². The van der Waals surface area contributed by atoms with Crippen LogP contribution in [0.4, 0.5) is 0 Å². The molecule has 0 bridgehead atoms. The maximum Gasteiger partial charge on any atom is 0.339 e. The minimum Gasteiger partial charge on any atom is -0.457 e. The van der Waals surface area contributed by atoms with Gasteiger partial charge in [0.05, 0.1) is 5.57 Å². The second-order valence-electron chi connectivity index (χ2n) is 8.00.